The van der Waals surface area contributed by atoms with Crippen LogP contribution in [0, 0.1) is 0 Å². The number of carbonyl (C=O) groups is 2. The van der Waals surface area contributed by atoms with E-state index in [4.69, 9.17) is 5.11 Å². The molecule has 7 nitrogen and oxygen atoms in total. The number of carboxylic acids is 1. The fourth-order valence-corrected chi connectivity index (χ4v) is 1.51. The maximum Gasteiger partial charge on any atom is 0.326 e. The summed E-state index contributed by atoms with van der Waals surface area (Å²) in [6, 6.07) is -1.52. The van der Waals surface area contributed by atoms with Gasteiger partial charge in [0.25, 0.3) is 0 Å². The summed E-state index contributed by atoms with van der Waals surface area (Å²) in [7, 11) is 0. The molecule has 7 heteroatoms. The number of amides is 2. The van der Waals surface area contributed by atoms with E-state index in [1.807, 2.05) is 0 Å². The molecule has 1 aliphatic rings. The maximum atomic E-state index is 11.5. The van der Waals surface area contributed by atoms with Gasteiger partial charge in [0.15, 0.2) is 0 Å². The number of hydrogen-bond donors (Lipinski definition) is 4. The lowest BCUT2D eigenvalue weighted by molar-refractivity contribution is -0.139. The highest BCUT2D eigenvalue weighted by molar-refractivity contribution is 5.82. The molecule has 92 valence electrons. The average molecular weight is 232 g/mol. The fourth-order valence-electron chi connectivity index (χ4n) is 1.51. The number of carbonyl (C=O) groups excluding carboxylic acids is 1. The molecule has 1 rings (SSSR count). The molecule has 1 heterocycles. The van der Waals surface area contributed by atoms with Gasteiger partial charge in [0, 0.05) is 0 Å². The van der Waals surface area contributed by atoms with E-state index in [1.165, 1.54) is 4.90 Å². The van der Waals surface area contributed by atoms with Gasteiger partial charge in [-0.3, -0.25) is 0 Å². The second-order valence-corrected chi connectivity index (χ2v) is 3.79. The molecule has 0 radical (unpaired) electrons. The predicted molar refractivity (Wildman–Crippen MR) is 53.8 cm³/mol. The average Bonchev–Trinajstić information content (AvgIpc) is 2.55. The van der Waals surface area contributed by atoms with Gasteiger partial charge in [-0.2, -0.15) is 0 Å². The molecule has 4 N–H and O–H groups in total. The molecule has 1 fully saturated rings. The van der Waals surface area contributed by atoms with Crippen LogP contribution < -0.4 is 5.32 Å². The first-order valence-corrected chi connectivity index (χ1v) is 5.10. The number of aliphatic hydroxyl groups excluding tert-OH is 2. The van der Waals surface area contributed by atoms with E-state index in [-0.39, 0.29) is 19.5 Å². The van der Waals surface area contributed by atoms with Gasteiger partial charge in [-0.15, -0.1) is 0 Å². The van der Waals surface area contributed by atoms with Gasteiger partial charge < -0.3 is 25.5 Å². The van der Waals surface area contributed by atoms with Crippen LogP contribution in [0.1, 0.15) is 13.3 Å². The Morgan fingerprint density at radius 3 is 2.25 bits per heavy atom. The number of rotatable bonds is 3. The van der Waals surface area contributed by atoms with Crippen LogP contribution in [0.5, 0.6) is 0 Å². The lowest BCUT2D eigenvalue weighted by atomic mass is 10.2. The van der Waals surface area contributed by atoms with Crippen molar-refractivity contribution in [2.75, 3.05) is 13.1 Å². The summed E-state index contributed by atoms with van der Waals surface area (Å²) in [5.41, 5.74) is 0. The molecular weight excluding hydrogens is 216 g/mol. The van der Waals surface area contributed by atoms with E-state index >= 15 is 0 Å². The lowest BCUT2D eigenvalue weighted by Gasteiger charge is -2.19. The van der Waals surface area contributed by atoms with Crippen LogP contribution in [0.15, 0.2) is 0 Å². The van der Waals surface area contributed by atoms with Gasteiger partial charge in [-0.25, -0.2) is 9.59 Å². The first kappa shape index (κ1) is 12.7. The SMILES string of the molecule is CCC(NC(=O)N1CC(O)C(O)C1)C(=O)O. The molecule has 16 heavy (non-hydrogen) atoms. The van der Waals surface area contributed by atoms with Crippen molar-refractivity contribution in [1.29, 1.82) is 0 Å². The summed E-state index contributed by atoms with van der Waals surface area (Å²) in [5, 5.41) is 29.5. The zero-order valence-corrected chi connectivity index (χ0v) is 8.96. The van der Waals surface area contributed by atoms with E-state index in [0.29, 0.717) is 0 Å². The Morgan fingerprint density at radius 1 is 1.38 bits per heavy atom. The smallest absolute Gasteiger partial charge is 0.326 e. The first-order chi connectivity index (χ1) is 7.45. The van der Waals surface area contributed by atoms with Gasteiger partial charge in [0.05, 0.1) is 25.3 Å². The third-order valence-electron chi connectivity index (χ3n) is 2.55. The van der Waals surface area contributed by atoms with E-state index < -0.39 is 30.3 Å². The zero-order valence-electron chi connectivity index (χ0n) is 8.96. The summed E-state index contributed by atoms with van der Waals surface area (Å²) in [4.78, 5) is 23.4. The number of aliphatic carboxylic acids is 1. The molecule has 1 saturated heterocycles. The van der Waals surface area contributed by atoms with Crippen molar-refractivity contribution in [3.8, 4) is 0 Å². The first-order valence-electron chi connectivity index (χ1n) is 5.10. The number of likely N-dealkylation sites (tertiary alicyclic amines) is 1. The molecule has 1 aliphatic heterocycles. The van der Waals surface area contributed by atoms with Gasteiger partial charge in [-0.05, 0) is 6.42 Å². The van der Waals surface area contributed by atoms with E-state index in [9.17, 15) is 19.8 Å². The highest BCUT2D eigenvalue weighted by Gasteiger charge is 2.33. The number of β-amino-alcohol motifs (C(OH)–C–C–N with tert-alkyl or cyclic N) is 2. The molecule has 0 spiro atoms. The molecule has 0 saturated carbocycles. The summed E-state index contributed by atoms with van der Waals surface area (Å²) >= 11 is 0. The van der Waals surface area contributed by atoms with Crippen LogP contribution in [0.25, 0.3) is 0 Å². The summed E-state index contributed by atoms with van der Waals surface area (Å²) < 4.78 is 0. The van der Waals surface area contributed by atoms with E-state index in [0.717, 1.165) is 0 Å². The molecule has 3 atom stereocenters. The molecule has 0 aromatic carbocycles. The Kier molecular flexibility index (Phi) is 4.08. The molecule has 2 amide bonds. The van der Waals surface area contributed by atoms with Crippen LogP contribution in [0.4, 0.5) is 4.79 Å². The van der Waals surface area contributed by atoms with Crippen LogP contribution in [-0.4, -0.2) is 63.6 Å². The number of hydrogen-bond acceptors (Lipinski definition) is 4. The third-order valence-corrected chi connectivity index (χ3v) is 2.55. The zero-order chi connectivity index (χ0) is 12.3. The molecule has 3 unspecified atom stereocenters. The van der Waals surface area contributed by atoms with Crippen LogP contribution in [0.2, 0.25) is 0 Å². The number of nitrogens with zero attached hydrogens (tertiary/aromatic N) is 1. The predicted octanol–water partition coefficient (Wildman–Crippen LogP) is -1.40. The van der Waals surface area contributed by atoms with Crippen molar-refractivity contribution in [2.45, 2.75) is 31.6 Å². The highest BCUT2D eigenvalue weighted by atomic mass is 16.4. The Hall–Kier alpha value is -1.34. The standard InChI is InChI=1S/C9H16N2O5/c1-2-5(8(14)15)10-9(16)11-3-6(12)7(13)4-11/h5-7,12-13H,2-4H2,1H3,(H,10,16)(H,14,15). The summed E-state index contributed by atoms with van der Waals surface area (Å²) in [6.07, 6.45) is -1.65. The second kappa shape index (κ2) is 5.13. The van der Waals surface area contributed by atoms with Gasteiger partial charge in [0.1, 0.15) is 6.04 Å². The molecule has 0 aliphatic carbocycles. The highest BCUT2D eigenvalue weighted by Crippen LogP contribution is 2.10. The molecule has 0 aromatic heterocycles. The third kappa shape index (κ3) is 2.83. The Labute approximate surface area is 92.7 Å². The number of urea groups is 1. The van der Waals surface area contributed by atoms with Crippen molar-refractivity contribution >= 4 is 12.0 Å². The van der Waals surface area contributed by atoms with Crippen LogP contribution in [0.3, 0.4) is 0 Å². The maximum absolute atomic E-state index is 11.5. The van der Waals surface area contributed by atoms with Crippen molar-refractivity contribution in [1.82, 2.24) is 10.2 Å². The summed E-state index contributed by atoms with van der Waals surface area (Å²) in [6.45, 7) is 1.68. The molecule has 0 bridgehead atoms. The summed E-state index contributed by atoms with van der Waals surface area (Å²) in [5.74, 6) is -1.10. The van der Waals surface area contributed by atoms with Crippen molar-refractivity contribution in [3.05, 3.63) is 0 Å². The lowest BCUT2D eigenvalue weighted by Crippen LogP contribution is -2.47. The Morgan fingerprint density at radius 2 is 1.88 bits per heavy atom. The van der Waals surface area contributed by atoms with Crippen molar-refractivity contribution in [2.24, 2.45) is 0 Å². The topological polar surface area (TPSA) is 110 Å². The molecular formula is C9H16N2O5. The number of nitrogens with one attached hydrogen (secondary N) is 1. The van der Waals surface area contributed by atoms with Crippen LogP contribution in [-0.2, 0) is 4.79 Å². The minimum Gasteiger partial charge on any atom is -0.480 e. The Balaban J connectivity index is 2.50. The quantitative estimate of drug-likeness (QED) is 0.478. The largest absolute Gasteiger partial charge is 0.480 e. The van der Waals surface area contributed by atoms with Crippen molar-refractivity contribution < 1.29 is 24.9 Å². The molecule has 0 aromatic rings. The minimum absolute atomic E-state index is 0.0169. The minimum atomic E-state index is -1.10. The van der Waals surface area contributed by atoms with Crippen LogP contribution >= 0.6 is 0 Å². The van der Waals surface area contributed by atoms with E-state index in [2.05, 4.69) is 5.32 Å². The normalized spacial score (nSPS) is 26.6. The monoisotopic (exact) mass is 232 g/mol. The fraction of sp³-hybridized carbons (Fsp3) is 0.778. The van der Waals surface area contributed by atoms with Gasteiger partial charge in [0.2, 0.25) is 0 Å². The van der Waals surface area contributed by atoms with Gasteiger partial charge >= 0.3 is 12.0 Å². The number of carboxylic acid groups (broad SMARTS) is 1. The second-order valence-electron chi connectivity index (χ2n) is 3.79. The van der Waals surface area contributed by atoms with E-state index in [1.54, 1.807) is 6.92 Å². The van der Waals surface area contributed by atoms with Gasteiger partial charge in [-0.1, -0.05) is 6.92 Å². The van der Waals surface area contributed by atoms with Crippen molar-refractivity contribution in [3.63, 3.8) is 0 Å². The number of aliphatic hydroxyl groups is 2. The Bertz CT molecular complexity index is 273.